The van der Waals surface area contributed by atoms with Crippen LogP contribution in [0.1, 0.15) is 6.92 Å². The maximum Gasteiger partial charge on any atom is 0.320 e. The first-order valence-corrected chi connectivity index (χ1v) is 9.02. The van der Waals surface area contributed by atoms with E-state index in [0.29, 0.717) is 32.7 Å². The minimum absolute atomic E-state index is 0.0393. The molecule has 2 fully saturated rings. The summed E-state index contributed by atoms with van der Waals surface area (Å²) >= 11 is 0. The zero-order chi connectivity index (χ0) is 15.5. The molecule has 2 aliphatic rings. The summed E-state index contributed by atoms with van der Waals surface area (Å²) < 4.78 is 22.7. The number of sulfone groups is 1. The Hall–Kier alpha value is -1.51. The van der Waals surface area contributed by atoms with Gasteiger partial charge in [0.05, 0.1) is 11.5 Å². The van der Waals surface area contributed by atoms with Crippen LogP contribution in [0.3, 0.4) is 0 Å². The Morgan fingerprint density at radius 1 is 0.905 bits per heavy atom. The first-order chi connectivity index (χ1) is 9.93. The Bertz CT molecular complexity index is 485. The van der Waals surface area contributed by atoms with Crippen molar-refractivity contribution in [3.63, 3.8) is 0 Å². The van der Waals surface area contributed by atoms with E-state index in [1.165, 1.54) is 0 Å². The molecule has 0 saturated carbocycles. The van der Waals surface area contributed by atoms with E-state index >= 15 is 0 Å². The van der Waals surface area contributed by atoms with Crippen LogP contribution in [0.15, 0.2) is 0 Å². The van der Waals surface area contributed by atoms with Gasteiger partial charge in [-0.15, -0.1) is 0 Å². The molecule has 2 saturated heterocycles. The normalized spacial score (nSPS) is 22.0. The lowest BCUT2D eigenvalue weighted by Crippen LogP contribution is -2.57. The van der Waals surface area contributed by atoms with Crippen LogP contribution in [0.25, 0.3) is 0 Å². The van der Waals surface area contributed by atoms with Crippen molar-refractivity contribution in [1.82, 2.24) is 20.0 Å². The summed E-state index contributed by atoms with van der Waals surface area (Å²) in [7, 11) is -2.98. The average molecular weight is 318 g/mol. The van der Waals surface area contributed by atoms with Crippen LogP contribution in [0, 0.1) is 0 Å². The SMILES string of the molecule is CCNC(=O)N1CCN(C(=O)N2CCS(=O)(=O)CC2)CC1. The summed E-state index contributed by atoms with van der Waals surface area (Å²) in [6.45, 7) is 4.95. The summed E-state index contributed by atoms with van der Waals surface area (Å²) in [6, 6.07) is -0.228. The predicted octanol–water partition coefficient (Wildman–Crippen LogP) is -0.816. The zero-order valence-electron chi connectivity index (χ0n) is 12.2. The molecule has 0 radical (unpaired) electrons. The summed E-state index contributed by atoms with van der Waals surface area (Å²) in [5.74, 6) is 0.0786. The van der Waals surface area contributed by atoms with Crippen molar-refractivity contribution in [3.8, 4) is 0 Å². The largest absolute Gasteiger partial charge is 0.338 e. The molecule has 0 aromatic heterocycles. The highest BCUT2D eigenvalue weighted by Crippen LogP contribution is 2.10. The molecule has 120 valence electrons. The van der Waals surface area contributed by atoms with E-state index in [0.717, 1.165) is 0 Å². The molecule has 0 spiro atoms. The lowest BCUT2D eigenvalue weighted by molar-refractivity contribution is 0.121. The molecule has 2 heterocycles. The van der Waals surface area contributed by atoms with Crippen LogP contribution >= 0.6 is 0 Å². The minimum atomic E-state index is -2.98. The standard InChI is InChI=1S/C12H22N4O4S/c1-2-13-11(17)14-3-5-15(6-4-14)12(18)16-7-9-21(19,20)10-8-16/h2-10H2,1H3,(H,13,17). The van der Waals surface area contributed by atoms with Crippen LogP contribution in [-0.4, -0.2) is 92.5 Å². The highest BCUT2D eigenvalue weighted by atomic mass is 32.2. The fourth-order valence-electron chi connectivity index (χ4n) is 2.47. The topological polar surface area (TPSA) is 90.0 Å². The molecular formula is C12H22N4O4S. The smallest absolute Gasteiger partial charge is 0.320 e. The lowest BCUT2D eigenvalue weighted by Gasteiger charge is -2.38. The molecule has 0 bridgehead atoms. The van der Waals surface area contributed by atoms with Crippen LogP contribution in [0.5, 0.6) is 0 Å². The summed E-state index contributed by atoms with van der Waals surface area (Å²) in [5, 5.41) is 2.74. The Labute approximate surface area is 125 Å². The van der Waals surface area contributed by atoms with Gasteiger partial charge in [-0.1, -0.05) is 0 Å². The maximum absolute atomic E-state index is 12.3. The van der Waals surface area contributed by atoms with Crippen molar-refractivity contribution in [2.75, 3.05) is 57.3 Å². The van der Waals surface area contributed by atoms with Gasteiger partial charge in [0, 0.05) is 45.8 Å². The molecule has 0 unspecified atom stereocenters. The number of carbonyl (C=O) groups excluding carboxylic acids is 2. The zero-order valence-corrected chi connectivity index (χ0v) is 13.1. The molecule has 0 aromatic rings. The van der Waals surface area contributed by atoms with Gasteiger partial charge >= 0.3 is 12.1 Å². The van der Waals surface area contributed by atoms with Crippen molar-refractivity contribution in [1.29, 1.82) is 0 Å². The van der Waals surface area contributed by atoms with Crippen LogP contribution in [0.4, 0.5) is 9.59 Å². The number of piperazine rings is 1. The van der Waals surface area contributed by atoms with Crippen molar-refractivity contribution in [2.24, 2.45) is 0 Å². The van der Waals surface area contributed by atoms with E-state index in [1.807, 2.05) is 6.92 Å². The average Bonchev–Trinajstić information content (AvgIpc) is 2.47. The second-order valence-corrected chi connectivity index (χ2v) is 7.53. The fraction of sp³-hybridized carbons (Fsp3) is 0.833. The fourth-order valence-corrected chi connectivity index (χ4v) is 3.67. The van der Waals surface area contributed by atoms with Crippen LogP contribution in [0.2, 0.25) is 0 Å². The van der Waals surface area contributed by atoms with E-state index in [4.69, 9.17) is 0 Å². The number of hydrogen-bond acceptors (Lipinski definition) is 4. The molecule has 9 heteroatoms. The highest BCUT2D eigenvalue weighted by Gasteiger charge is 2.30. The summed E-state index contributed by atoms with van der Waals surface area (Å²) in [5.41, 5.74) is 0. The molecule has 4 amide bonds. The number of nitrogens with one attached hydrogen (secondary N) is 1. The number of amides is 4. The molecule has 2 aliphatic heterocycles. The van der Waals surface area contributed by atoms with Crippen molar-refractivity contribution in [3.05, 3.63) is 0 Å². The van der Waals surface area contributed by atoms with Gasteiger partial charge in [-0.3, -0.25) is 0 Å². The third-order valence-corrected chi connectivity index (χ3v) is 5.39. The van der Waals surface area contributed by atoms with Crippen molar-refractivity contribution < 1.29 is 18.0 Å². The van der Waals surface area contributed by atoms with Gasteiger partial charge < -0.3 is 20.0 Å². The van der Waals surface area contributed by atoms with Gasteiger partial charge in [-0.05, 0) is 6.92 Å². The molecule has 0 aliphatic carbocycles. The summed E-state index contributed by atoms with van der Waals surface area (Å²) in [6.07, 6.45) is 0. The summed E-state index contributed by atoms with van der Waals surface area (Å²) in [4.78, 5) is 28.9. The van der Waals surface area contributed by atoms with Gasteiger partial charge in [0.2, 0.25) is 0 Å². The Morgan fingerprint density at radius 3 is 1.90 bits per heavy atom. The Balaban J connectivity index is 1.82. The third-order valence-electron chi connectivity index (χ3n) is 3.78. The molecule has 0 atom stereocenters. The van der Waals surface area contributed by atoms with Crippen LogP contribution < -0.4 is 5.32 Å². The quantitative estimate of drug-likeness (QED) is 0.684. The molecule has 21 heavy (non-hydrogen) atoms. The first kappa shape index (κ1) is 15.9. The molecule has 8 nitrogen and oxygen atoms in total. The second kappa shape index (κ2) is 6.50. The number of hydrogen-bond donors (Lipinski definition) is 1. The van der Waals surface area contributed by atoms with Gasteiger partial charge in [-0.2, -0.15) is 0 Å². The third kappa shape index (κ3) is 3.99. The van der Waals surface area contributed by atoms with E-state index in [9.17, 15) is 18.0 Å². The lowest BCUT2D eigenvalue weighted by atomic mass is 10.3. The van der Waals surface area contributed by atoms with E-state index in [-0.39, 0.29) is 36.7 Å². The van der Waals surface area contributed by atoms with E-state index in [2.05, 4.69) is 5.32 Å². The number of rotatable bonds is 1. The highest BCUT2D eigenvalue weighted by molar-refractivity contribution is 7.91. The number of urea groups is 2. The molecular weight excluding hydrogens is 296 g/mol. The predicted molar refractivity (Wildman–Crippen MR) is 77.8 cm³/mol. The molecule has 0 aromatic carbocycles. The first-order valence-electron chi connectivity index (χ1n) is 7.20. The van der Waals surface area contributed by atoms with E-state index < -0.39 is 9.84 Å². The monoisotopic (exact) mass is 318 g/mol. The van der Waals surface area contributed by atoms with Crippen molar-refractivity contribution in [2.45, 2.75) is 6.92 Å². The van der Waals surface area contributed by atoms with Gasteiger partial charge in [0.1, 0.15) is 0 Å². The van der Waals surface area contributed by atoms with Gasteiger partial charge in [0.25, 0.3) is 0 Å². The molecule has 2 rings (SSSR count). The minimum Gasteiger partial charge on any atom is -0.338 e. The van der Waals surface area contributed by atoms with Gasteiger partial charge in [0.15, 0.2) is 9.84 Å². The molecule has 1 N–H and O–H groups in total. The Morgan fingerprint density at radius 2 is 1.38 bits per heavy atom. The van der Waals surface area contributed by atoms with Crippen molar-refractivity contribution >= 4 is 21.9 Å². The number of carbonyl (C=O) groups is 2. The Kier molecular flexibility index (Phi) is 4.92. The van der Waals surface area contributed by atoms with Crippen LogP contribution in [-0.2, 0) is 9.84 Å². The second-order valence-electron chi connectivity index (χ2n) is 5.23. The van der Waals surface area contributed by atoms with E-state index in [1.54, 1.807) is 14.7 Å². The van der Waals surface area contributed by atoms with Gasteiger partial charge in [-0.25, -0.2) is 18.0 Å². The number of nitrogens with zero attached hydrogens (tertiary/aromatic N) is 3. The maximum atomic E-state index is 12.3.